The normalized spacial score (nSPS) is 16.7. The molecule has 1 amide bonds. The first-order chi connectivity index (χ1) is 11.6. The van der Waals surface area contributed by atoms with Gasteiger partial charge in [0.15, 0.2) is 0 Å². The van der Waals surface area contributed by atoms with E-state index in [0.717, 1.165) is 0 Å². The first-order valence-corrected chi connectivity index (χ1v) is 8.91. The maximum absolute atomic E-state index is 12.5. The molecule has 0 N–H and O–H groups in total. The van der Waals surface area contributed by atoms with Crippen LogP contribution in [0, 0.1) is 0 Å². The monoisotopic (exact) mass is 363 g/mol. The van der Waals surface area contributed by atoms with Gasteiger partial charge in [-0.15, -0.1) is 4.40 Å². The number of hydrogen-bond donors (Lipinski definition) is 0. The molecule has 0 radical (unpaired) electrons. The van der Waals surface area contributed by atoms with Crippen molar-refractivity contribution in [1.82, 2.24) is 9.80 Å². The molecule has 1 aromatic rings. The van der Waals surface area contributed by atoms with Gasteiger partial charge >= 0.3 is 0 Å². The molecule has 0 saturated carbocycles. The number of carbonyl (C=O) groups excluding carboxylic acids is 1. The van der Waals surface area contributed by atoms with Crippen LogP contribution in [0.1, 0.15) is 6.92 Å². The van der Waals surface area contributed by atoms with Gasteiger partial charge in [0.05, 0.1) is 21.9 Å². The largest absolute Gasteiger partial charge is 0.383 e. The molecule has 1 aliphatic rings. The summed E-state index contributed by atoms with van der Waals surface area (Å²) in [6.45, 7) is 1.75. The summed E-state index contributed by atoms with van der Waals surface area (Å²) >= 11 is 0. The molecule has 1 heterocycles. The van der Waals surface area contributed by atoms with Gasteiger partial charge in [-0.3, -0.25) is 4.79 Å². The Bertz CT molecular complexity index is 852. The highest BCUT2D eigenvalue weighted by atomic mass is 32.2. The number of hydrogen-bond acceptors (Lipinski definition) is 5. The second-order valence-corrected chi connectivity index (χ2v) is 7.59. The summed E-state index contributed by atoms with van der Waals surface area (Å²) in [5.74, 6) is -0.257. The predicted octanol–water partition coefficient (Wildman–Crippen LogP) is 1.13. The molecule has 0 aromatic heterocycles. The minimum Gasteiger partial charge on any atom is -0.383 e. The Balaban J connectivity index is 2.29. The topological polar surface area (TPSA) is 85.6 Å². The standard InChI is InChI=1S/C16H21N5O3S/c1-12-15(10-19(2)3)16(22)21(18-12)13-6-8-14(9-7-13)25(23,24)17-11-20(4)5/h6-11H,1-5H3/b15-10-,17-11+. The molecule has 0 bridgehead atoms. The van der Waals surface area contributed by atoms with Crippen molar-refractivity contribution >= 4 is 33.7 Å². The van der Waals surface area contributed by atoms with Crippen LogP contribution in [0.4, 0.5) is 5.69 Å². The highest BCUT2D eigenvalue weighted by Crippen LogP contribution is 2.25. The zero-order valence-corrected chi connectivity index (χ0v) is 15.6. The summed E-state index contributed by atoms with van der Waals surface area (Å²) in [6, 6.07) is 5.88. The third-order valence-electron chi connectivity index (χ3n) is 3.25. The van der Waals surface area contributed by atoms with Crippen LogP contribution in [0.2, 0.25) is 0 Å². The van der Waals surface area contributed by atoms with Crippen molar-refractivity contribution in [2.75, 3.05) is 33.2 Å². The molecule has 8 nitrogen and oxygen atoms in total. The fourth-order valence-electron chi connectivity index (χ4n) is 2.08. The third kappa shape index (κ3) is 4.24. The predicted molar refractivity (Wildman–Crippen MR) is 98.2 cm³/mol. The van der Waals surface area contributed by atoms with Crippen LogP contribution in [-0.4, -0.2) is 64.4 Å². The van der Waals surface area contributed by atoms with Crippen LogP contribution in [0.15, 0.2) is 50.4 Å². The van der Waals surface area contributed by atoms with E-state index in [0.29, 0.717) is 17.0 Å². The van der Waals surface area contributed by atoms with E-state index in [4.69, 9.17) is 0 Å². The molecule has 1 aromatic carbocycles. The lowest BCUT2D eigenvalue weighted by Crippen LogP contribution is -2.22. The lowest BCUT2D eigenvalue weighted by atomic mass is 10.2. The van der Waals surface area contributed by atoms with Crippen molar-refractivity contribution in [1.29, 1.82) is 0 Å². The van der Waals surface area contributed by atoms with E-state index in [-0.39, 0.29) is 10.8 Å². The van der Waals surface area contributed by atoms with Crippen molar-refractivity contribution in [2.45, 2.75) is 11.8 Å². The van der Waals surface area contributed by atoms with E-state index in [1.807, 2.05) is 14.1 Å². The number of sulfonamides is 1. The minimum absolute atomic E-state index is 0.0470. The van der Waals surface area contributed by atoms with E-state index in [1.165, 1.54) is 40.5 Å². The van der Waals surface area contributed by atoms with Gasteiger partial charge in [-0.25, -0.2) is 0 Å². The molecule has 9 heteroatoms. The second kappa shape index (κ2) is 7.06. The molecule has 0 aliphatic carbocycles. The van der Waals surface area contributed by atoms with Gasteiger partial charge < -0.3 is 9.80 Å². The fourth-order valence-corrected chi connectivity index (χ4v) is 2.99. The molecule has 0 spiro atoms. The Morgan fingerprint density at radius 1 is 1.08 bits per heavy atom. The van der Waals surface area contributed by atoms with Crippen molar-refractivity contribution in [2.24, 2.45) is 9.50 Å². The molecular weight excluding hydrogens is 342 g/mol. The number of carbonyl (C=O) groups is 1. The molecular formula is C16H21N5O3S. The van der Waals surface area contributed by atoms with Crippen LogP contribution >= 0.6 is 0 Å². The molecule has 1 aliphatic heterocycles. The van der Waals surface area contributed by atoms with Gasteiger partial charge in [0.2, 0.25) is 0 Å². The zero-order valence-electron chi connectivity index (χ0n) is 14.8. The number of hydrazone groups is 1. The first kappa shape index (κ1) is 18.7. The zero-order chi connectivity index (χ0) is 18.8. The van der Waals surface area contributed by atoms with Crippen LogP contribution in [0.5, 0.6) is 0 Å². The Kier molecular flexibility index (Phi) is 5.27. The lowest BCUT2D eigenvalue weighted by molar-refractivity contribution is -0.114. The quantitative estimate of drug-likeness (QED) is 0.445. The first-order valence-electron chi connectivity index (χ1n) is 7.47. The second-order valence-electron chi connectivity index (χ2n) is 5.96. The average Bonchev–Trinajstić information content (AvgIpc) is 2.81. The van der Waals surface area contributed by atoms with E-state index in [2.05, 4.69) is 9.50 Å². The number of rotatable bonds is 5. The molecule has 0 saturated heterocycles. The highest BCUT2D eigenvalue weighted by molar-refractivity contribution is 7.90. The SMILES string of the molecule is CC1=NN(c2ccc(S(=O)(=O)/N=C/N(C)C)cc2)C(=O)/C1=C\N(C)C. The maximum atomic E-state index is 12.5. The molecule has 25 heavy (non-hydrogen) atoms. The number of amides is 1. The average molecular weight is 363 g/mol. The molecule has 0 fully saturated rings. The van der Waals surface area contributed by atoms with Crippen molar-refractivity contribution in [3.63, 3.8) is 0 Å². The summed E-state index contributed by atoms with van der Waals surface area (Å²) in [5.41, 5.74) is 1.59. The number of anilines is 1. The van der Waals surface area contributed by atoms with Gasteiger partial charge in [0.1, 0.15) is 6.34 Å². The van der Waals surface area contributed by atoms with Crippen LogP contribution in [0.25, 0.3) is 0 Å². The molecule has 0 atom stereocenters. The molecule has 134 valence electrons. The van der Waals surface area contributed by atoms with Crippen LogP contribution < -0.4 is 5.01 Å². The van der Waals surface area contributed by atoms with E-state index >= 15 is 0 Å². The van der Waals surface area contributed by atoms with E-state index in [1.54, 1.807) is 32.1 Å². The Morgan fingerprint density at radius 3 is 2.20 bits per heavy atom. The Labute approximate surface area is 147 Å². The number of nitrogens with zero attached hydrogens (tertiary/aromatic N) is 5. The highest BCUT2D eigenvalue weighted by Gasteiger charge is 2.29. The Hall–Kier alpha value is -2.68. The molecule has 0 unspecified atom stereocenters. The van der Waals surface area contributed by atoms with Crippen LogP contribution in [0.3, 0.4) is 0 Å². The minimum atomic E-state index is -3.78. The van der Waals surface area contributed by atoms with Gasteiger partial charge in [-0.1, -0.05) is 0 Å². The third-order valence-corrected chi connectivity index (χ3v) is 4.49. The summed E-state index contributed by atoms with van der Waals surface area (Å²) < 4.78 is 27.8. The Morgan fingerprint density at radius 2 is 1.68 bits per heavy atom. The number of benzene rings is 1. The van der Waals surface area contributed by atoms with Crippen molar-refractivity contribution in [3.8, 4) is 0 Å². The lowest BCUT2D eigenvalue weighted by Gasteiger charge is -2.13. The van der Waals surface area contributed by atoms with Crippen molar-refractivity contribution in [3.05, 3.63) is 36.0 Å². The van der Waals surface area contributed by atoms with E-state index in [9.17, 15) is 13.2 Å². The van der Waals surface area contributed by atoms with Gasteiger partial charge in [-0.05, 0) is 31.2 Å². The molecule has 2 rings (SSSR count). The maximum Gasteiger partial charge on any atom is 0.283 e. The smallest absolute Gasteiger partial charge is 0.283 e. The van der Waals surface area contributed by atoms with E-state index < -0.39 is 10.0 Å². The van der Waals surface area contributed by atoms with Gasteiger partial charge in [-0.2, -0.15) is 18.5 Å². The van der Waals surface area contributed by atoms with Gasteiger partial charge in [0.25, 0.3) is 15.9 Å². The summed E-state index contributed by atoms with van der Waals surface area (Å²) in [5, 5.41) is 5.50. The fraction of sp³-hybridized carbons (Fsp3) is 0.312. The summed E-state index contributed by atoms with van der Waals surface area (Å²) in [7, 11) is 3.23. The summed E-state index contributed by atoms with van der Waals surface area (Å²) in [4.78, 5) is 15.8. The van der Waals surface area contributed by atoms with Crippen molar-refractivity contribution < 1.29 is 13.2 Å². The van der Waals surface area contributed by atoms with Gasteiger partial charge in [0, 0.05) is 34.4 Å². The van der Waals surface area contributed by atoms with Crippen LogP contribution in [-0.2, 0) is 14.8 Å². The summed E-state index contributed by atoms with van der Waals surface area (Å²) in [6.07, 6.45) is 2.93.